The molecule has 1 aromatic carbocycles. The van der Waals surface area contributed by atoms with Crippen LogP contribution in [0.5, 0.6) is 5.75 Å². The van der Waals surface area contributed by atoms with Crippen LogP contribution in [0, 0.1) is 0 Å². The molecule has 96 valence electrons. The predicted octanol–water partition coefficient (Wildman–Crippen LogP) is 4.21. The zero-order valence-electron chi connectivity index (χ0n) is 10.7. The molecule has 0 aromatic heterocycles. The number of halogens is 1. The fourth-order valence-electron chi connectivity index (χ4n) is 1.76. The molecule has 0 fully saturated rings. The van der Waals surface area contributed by atoms with Crippen LogP contribution in [0.1, 0.15) is 45.1 Å². The molecule has 0 spiro atoms. The van der Waals surface area contributed by atoms with E-state index in [1.165, 1.54) is 31.2 Å². The van der Waals surface area contributed by atoms with E-state index in [9.17, 15) is 5.11 Å². The number of hydrogen-bond acceptors (Lipinski definition) is 2. The first-order chi connectivity index (χ1) is 8.13. The molecule has 1 rings (SSSR count). The molecule has 0 saturated carbocycles. The molecule has 0 aliphatic carbocycles. The van der Waals surface area contributed by atoms with Crippen LogP contribution in [0.15, 0.2) is 22.7 Å². The average Bonchev–Trinajstić information content (AvgIpc) is 2.31. The van der Waals surface area contributed by atoms with Crippen LogP contribution in [0.3, 0.4) is 0 Å². The summed E-state index contributed by atoms with van der Waals surface area (Å²) in [4.78, 5) is 0. The number of phenols is 1. The van der Waals surface area contributed by atoms with E-state index < -0.39 is 0 Å². The van der Waals surface area contributed by atoms with Crippen LogP contribution in [0.4, 0.5) is 0 Å². The number of unbranched alkanes of at least 4 members (excludes halogenated alkanes) is 2. The van der Waals surface area contributed by atoms with Gasteiger partial charge in [0.1, 0.15) is 5.75 Å². The summed E-state index contributed by atoms with van der Waals surface area (Å²) in [5.74, 6) is 0.296. The number of hydrogen-bond donors (Lipinski definition) is 2. The summed E-state index contributed by atoms with van der Waals surface area (Å²) in [6, 6.07) is 6.18. The maximum atomic E-state index is 9.40. The van der Waals surface area contributed by atoms with Gasteiger partial charge >= 0.3 is 0 Å². The van der Waals surface area contributed by atoms with Crippen LogP contribution in [-0.4, -0.2) is 11.1 Å². The van der Waals surface area contributed by atoms with Gasteiger partial charge in [-0.25, -0.2) is 0 Å². The van der Waals surface area contributed by atoms with Gasteiger partial charge in [-0.2, -0.15) is 0 Å². The largest absolute Gasteiger partial charge is 0.507 e. The lowest BCUT2D eigenvalue weighted by Gasteiger charge is -2.13. The Kier molecular flexibility index (Phi) is 6.60. The standard InChI is InChI=1S/C14H22BrNO/c1-3-4-5-6-11(2)16-10-12-7-8-14(17)13(15)9-12/h7-9,11,16-17H,3-6,10H2,1-2H3. The third-order valence-corrected chi connectivity index (χ3v) is 3.54. The quantitative estimate of drug-likeness (QED) is 0.739. The van der Waals surface area contributed by atoms with Gasteiger partial charge in [0.05, 0.1) is 4.47 Å². The molecule has 17 heavy (non-hydrogen) atoms. The van der Waals surface area contributed by atoms with Gasteiger partial charge in [0.15, 0.2) is 0 Å². The number of phenolic OH excluding ortho intramolecular Hbond substituents is 1. The fourth-order valence-corrected chi connectivity index (χ4v) is 2.18. The Hall–Kier alpha value is -0.540. The van der Waals surface area contributed by atoms with E-state index in [-0.39, 0.29) is 0 Å². The van der Waals surface area contributed by atoms with Gasteiger partial charge in [-0.15, -0.1) is 0 Å². The molecule has 0 aliphatic heterocycles. The highest BCUT2D eigenvalue weighted by Crippen LogP contribution is 2.24. The zero-order valence-corrected chi connectivity index (χ0v) is 12.3. The SMILES string of the molecule is CCCCCC(C)NCc1ccc(O)c(Br)c1. The summed E-state index contributed by atoms with van der Waals surface area (Å²) in [7, 11) is 0. The zero-order chi connectivity index (χ0) is 12.7. The fraction of sp³-hybridized carbons (Fsp3) is 0.571. The van der Waals surface area contributed by atoms with E-state index >= 15 is 0 Å². The Morgan fingerprint density at radius 3 is 2.76 bits per heavy atom. The molecule has 0 heterocycles. The molecular formula is C14H22BrNO. The van der Waals surface area contributed by atoms with Gasteiger partial charge in [-0.3, -0.25) is 0 Å². The highest BCUT2D eigenvalue weighted by atomic mass is 79.9. The van der Waals surface area contributed by atoms with Crippen molar-refractivity contribution in [2.45, 2.75) is 52.1 Å². The Bertz CT molecular complexity index is 341. The lowest BCUT2D eigenvalue weighted by atomic mass is 10.1. The second kappa shape index (κ2) is 7.72. The topological polar surface area (TPSA) is 32.3 Å². The van der Waals surface area contributed by atoms with E-state index in [2.05, 4.69) is 35.1 Å². The van der Waals surface area contributed by atoms with Gasteiger partial charge in [0.25, 0.3) is 0 Å². The van der Waals surface area contributed by atoms with Crippen LogP contribution >= 0.6 is 15.9 Å². The number of benzene rings is 1. The number of aromatic hydroxyl groups is 1. The second-order valence-corrected chi connectivity index (χ2v) is 5.42. The van der Waals surface area contributed by atoms with Crippen molar-refractivity contribution in [3.63, 3.8) is 0 Å². The second-order valence-electron chi connectivity index (χ2n) is 4.56. The Balaban J connectivity index is 2.31. The number of rotatable bonds is 7. The summed E-state index contributed by atoms with van der Waals surface area (Å²) in [5, 5.41) is 12.9. The maximum absolute atomic E-state index is 9.40. The summed E-state index contributed by atoms with van der Waals surface area (Å²) in [6.07, 6.45) is 5.12. The predicted molar refractivity (Wildman–Crippen MR) is 76.3 cm³/mol. The molecule has 0 bridgehead atoms. The van der Waals surface area contributed by atoms with Gasteiger partial charge in [-0.1, -0.05) is 32.3 Å². The van der Waals surface area contributed by atoms with Crippen molar-refractivity contribution < 1.29 is 5.11 Å². The van der Waals surface area contributed by atoms with E-state index in [0.29, 0.717) is 11.8 Å². The van der Waals surface area contributed by atoms with Crippen molar-refractivity contribution in [2.24, 2.45) is 0 Å². The van der Waals surface area contributed by atoms with Crippen molar-refractivity contribution >= 4 is 15.9 Å². The van der Waals surface area contributed by atoms with Gasteiger partial charge < -0.3 is 10.4 Å². The average molecular weight is 300 g/mol. The van der Waals surface area contributed by atoms with Crippen molar-refractivity contribution in [2.75, 3.05) is 0 Å². The molecule has 1 atom stereocenters. The summed E-state index contributed by atoms with van der Waals surface area (Å²) < 4.78 is 0.760. The minimum Gasteiger partial charge on any atom is -0.507 e. The molecule has 2 N–H and O–H groups in total. The summed E-state index contributed by atoms with van der Waals surface area (Å²) >= 11 is 3.33. The lowest BCUT2D eigenvalue weighted by molar-refractivity contribution is 0.470. The first-order valence-corrected chi connectivity index (χ1v) is 7.13. The molecule has 1 aromatic rings. The van der Waals surface area contributed by atoms with Gasteiger partial charge in [0, 0.05) is 12.6 Å². The highest BCUT2D eigenvalue weighted by molar-refractivity contribution is 9.10. The van der Waals surface area contributed by atoms with Gasteiger partial charge in [-0.05, 0) is 47.0 Å². The lowest BCUT2D eigenvalue weighted by Crippen LogP contribution is -2.25. The molecule has 0 saturated heterocycles. The monoisotopic (exact) mass is 299 g/mol. The van der Waals surface area contributed by atoms with Crippen molar-refractivity contribution in [3.8, 4) is 5.75 Å². The molecule has 0 amide bonds. The minimum atomic E-state index is 0.296. The Morgan fingerprint density at radius 1 is 1.35 bits per heavy atom. The minimum absolute atomic E-state index is 0.296. The number of nitrogens with one attached hydrogen (secondary N) is 1. The van der Waals surface area contributed by atoms with Crippen molar-refractivity contribution in [1.29, 1.82) is 0 Å². The van der Waals surface area contributed by atoms with E-state index in [1.807, 2.05) is 12.1 Å². The summed E-state index contributed by atoms with van der Waals surface area (Å²) in [5.41, 5.74) is 1.19. The normalized spacial score (nSPS) is 12.6. The van der Waals surface area contributed by atoms with Crippen molar-refractivity contribution in [1.82, 2.24) is 5.32 Å². The highest BCUT2D eigenvalue weighted by Gasteiger charge is 2.03. The molecular weight excluding hydrogens is 278 g/mol. The van der Waals surface area contributed by atoms with Crippen LogP contribution in [-0.2, 0) is 6.54 Å². The first-order valence-electron chi connectivity index (χ1n) is 6.34. The van der Waals surface area contributed by atoms with Crippen LogP contribution < -0.4 is 5.32 Å². The molecule has 2 nitrogen and oxygen atoms in total. The van der Waals surface area contributed by atoms with Crippen molar-refractivity contribution in [3.05, 3.63) is 28.2 Å². The molecule has 3 heteroatoms. The van der Waals surface area contributed by atoms with E-state index in [1.54, 1.807) is 6.07 Å². The Morgan fingerprint density at radius 2 is 2.12 bits per heavy atom. The molecule has 1 unspecified atom stereocenters. The third-order valence-electron chi connectivity index (χ3n) is 2.91. The molecule has 0 radical (unpaired) electrons. The van der Waals surface area contributed by atoms with Crippen LogP contribution in [0.25, 0.3) is 0 Å². The smallest absolute Gasteiger partial charge is 0.129 e. The van der Waals surface area contributed by atoms with Gasteiger partial charge in [0.2, 0.25) is 0 Å². The van der Waals surface area contributed by atoms with E-state index in [0.717, 1.165) is 11.0 Å². The maximum Gasteiger partial charge on any atom is 0.129 e. The first kappa shape index (κ1) is 14.5. The van der Waals surface area contributed by atoms with E-state index in [4.69, 9.17) is 0 Å². The summed E-state index contributed by atoms with van der Waals surface area (Å²) in [6.45, 7) is 5.31. The third kappa shape index (κ3) is 5.55. The Labute approximate surface area is 113 Å². The molecule has 0 aliphatic rings. The van der Waals surface area contributed by atoms with Crippen LogP contribution in [0.2, 0.25) is 0 Å².